The average molecular weight is 373 g/mol. The first-order valence-electron chi connectivity index (χ1n) is 8.53. The Morgan fingerprint density at radius 2 is 1.83 bits per heavy atom. The highest BCUT2D eigenvalue weighted by atomic mass is 32.2. The number of anilines is 1. The van der Waals surface area contributed by atoms with E-state index < -0.39 is 10.2 Å². The van der Waals surface area contributed by atoms with Crippen molar-refractivity contribution in [3.8, 4) is 0 Å². The maximum Gasteiger partial charge on any atom is 0.281 e. The molecule has 2 aliphatic rings. The molecule has 0 bridgehead atoms. The molecule has 1 amide bonds. The lowest BCUT2D eigenvalue weighted by atomic mass is 9.99. The SMILES string of the molecule is O=C(Nc1nccs1)C1CCCN(S(=O)(=O)N2CCCCCC2)C1. The summed E-state index contributed by atoms with van der Waals surface area (Å²) in [5, 5.41) is 5.15. The topological polar surface area (TPSA) is 82.6 Å². The van der Waals surface area contributed by atoms with E-state index in [1.807, 2.05) is 0 Å². The molecule has 0 saturated carbocycles. The smallest absolute Gasteiger partial charge is 0.281 e. The molecule has 0 radical (unpaired) electrons. The van der Waals surface area contributed by atoms with Gasteiger partial charge in [-0.15, -0.1) is 11.3 Å². The number of thiazole rings is 1. The number of hydrogen-bond acceptors (Lipinski definition) is 5. The number of amides is 1. The third-order valence-corrected chi connectivity index (χ3v) is 7.33. The predicted molar refractivity (Wildman–Crippen MR) is 94.0 cm³/mol. The quantitative estimate of drug-likeness (QED) is 0.875. The fourth-order valence-electron chi connectivity index (χ4n) is 3.29. The van der Waals surface area contributed by atoms with Gasteiger partial charge in [0.25, 0.3) is 10.2 Å². The van der Waals surface area contributed by atoms with Gasteiger partial charge in [-0.3, -0.25) is 4.79 Å². The molecule has 2 saturated heterocycles. The predicted octanol–water partition coefficient (Wildman–Crippen LogP) is 1.91. The first kappa shape index (κ1) is 17.8. The summed E-state index contributed by atoms with van der Waals surface area (Å²) in [7, 11) is -3.46. The second-order valence-electron chi connectivity index (χ2n) is 6.34. The van der Waals surface area contributed by atoms with Crippen LogP contribution in [-0.2, 0) is 15.0 Å². The fraction of sp³-hybridized carbons (Fsp3) is 0.733. The highest BCUT2D eigenvalue weighted by Gasteiger charge is 2.36. The monoisotopic (exact) mass is 372 g/mol. The average Bonchev–Trinajstić information content (AvgIpc) is 2.93. The van der Waals surface area contributed by atoms with Crippen molar-refractivity contribution in [3.63, 3.8) is 0 Å². The maximum absolute atomic E-state index is 12.9. The van der Waals surface area contributed by atoms with Crippen molar-refractivity contribution >= 4 is 32.6 Å². The lowest BCUT2D eigenvalue weighted by molar-refractivity contribution is -0.120. The minimum atomic E-state index is -3.46. The zero-order valence-electron chi connectivity index (χ0n) is 13.7. The van der Waals surface area contributed by atoms with E-state index in [1.54, 1.807) is 15.9 Å². The maximum atomic E-state index is 12.9. The molecule has 7 nitrogen and oxygen atoms in total. The van der Waals surface area contributed by atoms with E-state index in [-0.39, 0.29) is 18.4 Å². The Bertz CT molecular complexity index is 640. The Hall–Kier alpha value is -1.03. The lowest BCUT2D eigenvalue weighted by Crippen LogP contribution is -2.50. The number of piperidine rings is 1. The van der Waals surface area contributed by atoms with Crippen molar-refractivity contribution in [2.75, 3.05) is 31.5 Å². The van der Waals surface area contributed by atoms with Gasteiger partial charge in [0, 0.05) is 37.8 Å². The molecular formula is C15H24N4O3S2. The molecule has 3 heterocycles. The Morgan fingerprint density at radius 3 is 2.50 bits per heavy atom. The summed E-state index contributed by atoms with van der Waals surface area (Å²) in [6, 6.07) is 0. The van der Waals surface area contributed by atoms with Gasteiger partial charge in [-0.25, -0.2) is 4.98 Å². The number of carbonyl (C=O) groups is 1. The summed E-state index contributed by atoms with van der Waals surface area (Å²) in [5.74, 6) is -0.454. The highest BCUT2D eigenvalue weighted by molar-refractivity contribution is 7.86. The molecule has 9 heteroatoms. The van der Waals surface area contributed by atoms with Gasteiger partial charge in [-0.1, -0.05) is 12.8 Å². The van der Waals surface area contributed by atoms with Crippen LogP contribution >= 0.6 is 11.3 Å². The zero-order valence-corrected chi connectivity index (χ0v) is 15.3. The molecule has 24 heavy (non-hydrogen) atoms. The van der Waals surface area contributed by atoms with Crippen LogP contribution in [0, 0.1) is 5.92 Å². The summed E-state index contributed by atoms with van der Waals surface area (Å²) in [4.78, 5) is 16.4. The molecule has 0 spiro atoms. The molecule has 2 fully saturated rings. The fourth-order valence-corrected chi connectivity index (χ4v) is 5.60. The van der Waals surface area contributed by atoms with E-state index >= 15 is 0 Å². The largest absolute Gasteiger partial charge is 0.302 e. The van der Waals surface area contributed by atoms with E-state index in [2.05, 4.69) is 10.3 Å². The van der Waals surface area contributed by atoms with E-state index in [9.17, 15) is 13.2 Å². The Kier molecular flexibility index (Phi) is 5.85. The summed E-state index contributed by atoms with van der Waals surface area (Å²) in [6.45, 7) is 1.94. The van der Waals surface area contributed by atoms with Crippen LogP contribution in [0.4, 0.5) is 5.13 Å². The van der Waals surface area contributed by atoms with Crippen LogP contribution in [0.2, 0.25) is 0 Å². The first-order chi connectivity index (χ1) is 11.6. The van der Waals surface area contributed by atoms with Crippen LogP contribution in [0.25, 0.3) is 0 Å². The molecule has 0 aromatic carbocycles. The van der Waals surface area contributed by atoms with E-state index in [0.29, 0.717) is 37.6 Å². The standard InChI is InChI=1S/C15H24N4O3S2/c20-14(17-15-16-7-11-23-15)13-6-5-10-19(12-13)24(21,22)18-8-3-1-2-4-9-18/h7,11,13H,1-6,8-10,12H2,(H,16,17,20). The van der Waals surface area contributed by atoms with Crippen molar-refractivity contribution < 1.29 is 13.2 Å². The molecule has 3 rings (SSSR count). The Balaban J connectivity index is 1.64. The van der Waals surface area contributed by atoms with Crippen molar-refractivity contribution in [3.05, 3.63) is 11.6 Å². The minimum absolute atomic E-state index is 0.138. The number of rotatable bonds is 4. The van der Waals surface area contributed by atoms with Gasteiger partial charge in [-0.2, -0.15) is 17.0 Å². The van der Waals surface area contributed by atoms with Crippen LogP contribution in [0.3, 0.4) is 0 Å². The van der Waals surface area contributed by atoms with Gasteiger partial charge in [0.2, 0.25) is 5.91 Å². The van der Waals surface area contributed by atoms with Crippen molar-refractivity contribution in [1.29, 1.82) is 0 Å². The van der Waals surface area contributed by atoms with Crippen molar-refractivity contribution in [1.82, 2.24) is 13.6 Å². The highest BCUT2D eigenvalue weighted by Crippen LogP contribution is 2.24. The van der Waals surface area contributed by atoms with Gasteiger partial charge in [0.15, 0.2) is 5.13 Å². The van der Waals surface area contributed by atoms with E-state index in [0.717, 1.165) is 25.7 Å². The molecule has 134 valence electrons. The molecule has 1 aromatic heterocycles. The number of aromatic nitrogens is 1. The van der Waals surface area contributed by atoms with Crippen LogP contribution in [-0.4, -0.2) is 54.1 Å². The van der Waals surface area contributed by atoms with E-state index in [4.69, 9.17) is 0 Å². The second kappa shape index (κ2) is 7.90. The summed E-state index contributed by atoms with van der Waals surface area (Å²) >= 11 is 1.36. The normalized spacial score (nSPS) is 24.4. The molecule has 0 aliphatic carbocycles. The molecular weight excluding hydrogens is 348 g/mol. The first-order valence-corrected chi connectivity index (χ1v) is 10.8. The Labute approximate surface area is 147 Å². The molecule has 1 aromatic rings. The van der Waals surface area contributed by atoms with Crippen LogP contribution in [0.1, 0.15) is 38.5 Å². The third kappa shape index (κ3) is 4.14. The van der Waals surface area contributed by atoms with Crippen LogP contribution in [0.5, 0.6) is 0 Å². The number of nitrogens with one attached hydrogen (secondary N) is 1. The Morgan fingerprint density at radius 1 is 1.12 bits per heavy atom. The van der Waals surface area contributed by atoms with Crippen molar-refractivity contribution in [2.24, 2.45) is 5.92 Å². The van der Waals surface area contributed by atoms with Gasteiger partial charge >= 0.3 is 0 Å². The van der Waals surface area contributed by atoms with E-state index in [1.165, 1.54) is 15.6 Å². The van der Waals surface area contributed by atoms with Gasteiger partial charge in [0.05, 0.1) is 5.92 Å². The van der Waals surface area contributed by atoms with Crippen LogP contribution in [0.15, 0.2) is 11.6 Å². The summed E-state index contributed by atoms with van der Waals surface area (Å²) in [6.07, 6.45) is 7.07. The number of carbonyl (C=O) groups excluding carboxylic acids is 1. The summed E-state index contributed by atoms with van der Waals surface area (Å²) < 4.78 is 28.9. The zero-order chi connectivity index (χ0) is 17.0. The van der Waals surface area contributed by atoms with Crippen LogP contribution < -0.4 is 5.32 Å². The van der Waals surface area contributed by atoms with Gasteiger partial charge < -0.3 is 5.32 Å². The second-order valence-corrected chi connectivity index (χ2v) is 9.17. The molecule has 1 N–H and O–H groups in total. The molecule has 1 unspecified atom stereocenters. The molecule has 1 atom stereocenters. The third-order valence-electron chi connectivity index (χ3n) is 4.63. The van der Waals surface area contributed by atoms with Crippen molar-refractivity contribution in [2.45, 2.75) is 38.5 Å². The number of hydrogen-bond donors (Lipinski definition) is 1. The summed E-state index contributed by atoms with van der Waals surface area (Å²) in [5.41, 5.74) is 0. The van der Waals surface area contributed by atoms with Gasteiger partial charge in [0.1, 0.15) is 0 Å². The minimum Gasteiger partial charge on any atom is -0.302 e. The molecule has 2 aliphatic heterocycles. The lowest BCUT2D eigenvalue weighted by Gasteiger charge is -2.34. The van der Waals surface area contributed by atoms with Gasteiger partial charge in [-0.05, 0) is 25.7 Å². The number of nitrogens with zero attached hydrogens (tertiary/aromatic N) is 3.